The summed E-state index contributed by atoms with van der Waals surface area (Å²) in [7, 11) is -2.06. The fourth-order valence-electron chi connectivity index (χ4n) is 2.59. The van der Waals surface area contributed by atoms with Gasteiger partial charge in [0.15, 0.2) is 0 Å². The Hall–Kier alpha value is -2.57. The second-order valence-electron chi connectivity index (χ2n) is 5.54. The standard InChI is InChI=1S/C18H18N2O3S/c1-13-11-18(14-3-9-17(10-4-14)24(19,21)22)20(12-13)15-5-7-16(23-2)8-6-15/h3-12H,1-2H3,(H2,19,21,22). The average molecular weight is 342 g/mol. The minimum absolute atomic E-state index is 0.102. The third-order valence-electron chi connectivity index (χ3n) is 3.79. The molecule has 0 unspecified atom stereocenters. The molecule has 0 aliphatic rings. The van der Waals surface area contributed by atoms with Crippen molar-refractivity contribution < 1.29 is 13.2 Å². The van der Waals surface area contributed by atoms with Crippen molar-refractivity contribution in [2.45, 2.75) is 11.8 Å². The number of aryl methyl sites for hydroxylation is 1. The van der Waals surface area contributed by atoms with E-state index in [9.17, 15) is 8.42 Å². The summed E-state index contributed by atoms with van der Waals surface area (Å²) in [6.45, 7) is 2.02. The Morgan fingerprint density at radius 3 is 2.17 bits per heavy atom. The molecule has 0 aliphatic carbocycles. The Morgan fingerprint density at radius 1 is 1.00 bits per heavy atom. The number of nitrogens with two attached hydrogens (primary N) is 1. The van der Waals surface area contributed by atoms with Gasteiger partial charge in [0.2, 0.25) is 10.0 Å². The molecule has 0 fully saturated rings. The van der Waals surface area contributed by atoms with Crippen molar-refractivity contribution in [2.75, 3.05) is 7.11 Å². The zero-order valence-electron chi connectivity index (χ0n) is 13.4. The Balaban J connectivity index is 2.05. The minimum Gasteiger partial charge on any atom is -0.497 e. The number of nitrogens with zero attached hydrogens (tertiary/aromatic N) is 1. The normalized spacial score (nSPS) is 11.5. The zero-order valence-corrected chi connectivity index (χ0v) is 14.2. The molecule has 5 nitrogen and oxygen atoms in total. The number of sulfonamides is 1. The number of benzene rings is 2. The van der Waals surface area contributed by atoms with Crippen LogP contribution in [0.15, 0.2) is 65.7 Å². The lowest BCUT2D eigenvalue weighted by molar-refractivity contribution is 0.415. The van der Waals surface area contributed by atoms with Crippen LogP contribution in [0.5, 0.6) is 5.75 Å². The second kappa shape index (κ2) is 6.14. The monoisotopic (exact) mass is 342 g/mol. The first-order chi connectivity index (χ1) is 11.4. The number of aromatic nitrogens is 1. The summed E-state index contributed by atoms with van der Waals surface area (Å²) in [6, 6.07) is 16.4. The average Bonchev–Trinajstić information content (AvgIpc) is 2.96. The van der Waals surface area contributed by atoms with E-state index in [4.69, 9.17) is 9.88 Å². The second-order valence-corrected chi connectivity index (χ2v) is 7.10. The highest BCUT2D eigenvalue weighted by Crippen LogP contribution is 2.27. The molecule has 0 radical (unpaired) electrons. The van der Waals surface area contributed by atoms with Crippen molar-refractivity contribution >= 4 is 10.0 Å². The maximum absolute atomic E-state index is 11.4. The predicted octanol–water partition coefficient (Wildman–Crippen LogP) is 3.11. The van der Waals surface area contributed by atoms with E-state index >= 15 is 0 Å². The van der Waals surface area contributed by atoms with Crippen molar-refractivity contribution in [1.29, 1.82) is 0 Å². The lowest BCUT2D eigenvalue weighted by Gasteiger charge is -2.10. The summed E-state index contributed by atoms with van der Waals surface area (Å²) in [6.07, 6.45) is 2.03. The molecule has 3 aromatic rings. The van der Waals surface area contributed by atoms with Crippen LogP contribution in [0.3, 0.4) is 0 Å². The summed E-state index contributed by atoms with van der Waals surface area (Å²) in [4.78, 5) is 0.102. The van der Waals surface area contributed by atoms with Crippen LogP contribution < -0.4 is 9.88 Å². The van der Waals surface area contributed by atoms with Crippen LogP contribution in [0, 0.1) is 6.92 Å². The fourth-order valence-corrected chi connectivity index (χ4v) is 3.11. The minimum atomic E-state index is -3.69. The van der Waals surface area contributed by atoms with Gasteiger partial charge in [0, 0.05) is 11.9 Å². The Bertz CT molecular complexity index is 957. The van der Waals surface area contributed by atoms with E-state index in [1.54, 1.807) is 19.2 Å². The smallest absolute Gasteiger partial charge is 0.238 e. The Kier molecular flexibility index (Phi) is 4.17. The first-order valence-corrected chi connectivity index (χ1v) is 8.90. The van der Waals surface area contributed by atoms with Gasteiger partial charge < -0.3 is 9.30 Å². The maximum Gasteiger partial charge on any atom is 0.238 e. The van der Waals surface area contributed by atoms with E-state index in [0.717, 1.165) is 28.3 Å². The molecule has 1 heterocycles. The number of hydrogen-bond acceptors (Lipinski definition) is 3. The van der Waals surface area contributed by atoms with Gasteiger partial charge in [0.05, 0.1) is 17.7 Å². The van der Waals surface area contributed by atoms with Crippen LogP contribution in [-0.4, -0.2) is 20.1 Å². The van der Waals surface area contributed by atoms with E-state index in [1.165, 1.54) is 12.1 Å². The van der Waals surface area contributed by atoms with E-state index in [1.807, 2.05) is 37.4 Å². The molecule has 0 bridgehead atoms. The van der Waals surface area contributed by atoms with Crippen LogP contribution in [0.25, 0.3) is 16.9 Å². The number of methoxy groups -OCH3 is 1. The van der Waals surface area contributed by atoms with E-state index in [-0.39, 0.29) is 4.90 Å². The summed E-state index contributed by atoms with van der Waals surface area (Å²) < 4.78 is 30.0. The quantitative estimate of drug-likeness (QED) is 0.791. The highest BCUT2D eigenvalue weighted by molar-refractivity contribution is 7.89. The van der Waals surface area contributed by atoms with Crippen LogP contribution >= 0.6 is 0 Å². The van der Waals surface area contributed by atoms with Gasteiger partial charge in [-0.2, -0.15) is 0 Å². The topological polar surface area (TPSA) is 74.3 Å². The molecule has 0 saturated heterocycles. The fraction of sp³-hybridized carbons (Fsp3) is 0.111. The Morgan fingerprint density at radius 2 is 1.62 bits per heavy atom. The molecule has 0 saturated carbocycles. The van der Waals surface area contributed by atoms with Gasteiger partial charge in [0.1, 0.15) is 5.75 Å². The van der Waals surface area contributed by atoms with E-state index in [0.29, 0.717) is 0 Å². The van der Waals surface area contributed by atoms with Gasteiger partial charge in [0.25, 0.3) is 0 Å². The molecular weight excluding hydrogens is 324 g/mol. The zero-order chi connectivity index (χ0) is 17.3. The van der Waals surface area contributed by atoms with Crippen molar-refractivity contribution in [3.05, 3.63) is 66.4 Å². The third kappa shape index (κ3) is 3.20. The van der Waals surface area contributed by atoms with Gasteiger partial charge >= 0.3 is 0 Å². The van der Waals surface area contributed by atoms with Gasteiger partial charge in [-0.3, -0.25) is 0 Å². The molecule has 0 amide bonds. The van der Waals surface area contributed by atoms with Gasteiger partial charge in [-0.25, -0.2) is 13.6 Å². The highest BCUT2D eigenvalue weighted by atomic mass is 32.2. The first-order valence-electron chi connectivity index (χ1n) is 7.35. The molecule has 6 heteroatoms. The summed E-state index contributed by atoms with van der Waals surface area (Å²) in [5.41, 5.74) is 3.98. The molecule has 1 aromatic heterocycles. The van der Waals surface area contributed by atoms with Gasteiger partial charge in [-0.1, -0.05) is 12.1 Å². The third-order valence-corrected chi connectivity index (χ3v) is 4.72. The molecule has 24 heavy (non-hydrogen) atoms. The number of hydrogen-bond donors (Lipinski definition) is 1. The molecule has 2 N–H and O–H groups in total. The maximum atomic E-state index is 11.4. The first kappa shape index (κ1) is 16.3. The van der Waals surface area contributed by atoms with Crippen LogP contribution in [0.4, 0.5) is 0 Å². The van der Waals surface area contributed by atoms with Crippen LogP contribution in [0.2, 0.25) is 0 Å². The van der Waals surface area contributed by atoms with Crippen molar-refractivity contribution in [1.82, 2.24) is 4.57 Å². The summed E-state index contributed by atoms with van der Waals surface area (Å²) in [5, 5.41) is 5.15. The SMILES string of the molecule is COc1ccc(-n2cc(C)cc2-c2ccc(S(N)(=O)=O)cc2)cc1. The van der Waals surface area contributed by atoms with Crippen LogP contribution in [-0.2, 0) is 10.0 Å². The van der Waals surface area contributed by atoms with Crippen molar-refractivity contribution in [3.8, 4) is 22.7 Å². The number of primary sulfonamides is 1. The lowest BCUT2D eigenvalue weighted by atomic mass is 10.1. The molecule has 0 atom stereocenters. The summed E-state index contributed by atoms with van der Waals surface area (Å²) >= 11 is 0. The Labute approximate surface area is 141 Å². The molecule has 0 spiro atoms. The lowest BCUT2D eigenvalue weighted by Crippen LogP contribution is -2.11. The predicted molar refractivity (Wildman–Crippen MR) is 93.9 cm³/mol. The van der Waals surface area contributed by atoms with Crippen LogP contribution in [0.1, 0.15) is 5.56 Å². The number of rotatable bonds is 4. The highest BCUT2D eigenvalue weighted by Gasteiger charge is 2.11. The van der Waals surface area contributed by atoms with Gasteiger partial charge in [-0.05, 0) is 60.5 Å². The molecule has 0 aliphatic heterocycles. The molecule has 124 valence electrons. The number of ether oxygens (including phenoxy) is 1. The van der Waals surface area contributed by atoms with E-state index in [2.05, 4.69) is 10.6 Å². The van der Waals surface area contributed by atoms with Gasteiger partial charge in [-0.15, -0.1) is 0 Å². The largest absolute Gasteiger partial charge is 0.497 e. The van der Waals surface area contributed by atoms with Crippen molar-refractivity contribution in [2.24, 2.45) is 5.14 Å². The molecule has 2 aromatic carbocycles. The van der Waals surface area contributed by atoms with E-state index < -0.39 is 10.0 Å². The summed E-state index contributed by atoms with van der Waals surface area (Å²) in [5.74, 6) is 0.793. The molecule has 3 rings (SSSR count). The molecular formula is C18H18N2O3S. The van der Waals surface area contributed by atoms with Crippen molar-refractivity contribution in [3.63, 3.8) is 0 Å².